The lowest BCUT2D eigenvalue weighted by molar-refractivity contribution is -0.526. The highest BCUT2D eigenvalue weighted by molar-refractivity contribution is 5.88. The van der Waals surface area contributed by atoms with Gasteiger partial charge in [-0.25, -0.2) is 4.74 Å². The predicted molar refractivity (Wildman–Crippen MR) is 204 cm³/mol. The summed E-state index contributed by atoms with van der Waals surface area (Å²) in [6, 6.07) is 24.1. The van der Waals surface area contributed by atoms with Gasteiger partial charge in [0.25, 0.3) is 0 Å². The molecule has 2 unspecified atom stereocenters. The van der Waals surface area contributed by atoms with Crippen molar-refractivity contribution >= 4 is 21.5 Å². The number of aliphatic hydroxyl groups is 2. The highest BCUT2D eigenvalue weighted by Gasteiger charge is 2.64. The molecule has 2 atom stereocenters. The fourth-order valence-corrected chi connectivity index (χ4v) is 5.28. The number of halogens is 6. The maximum Gasteiger partial charge on any atom is 0.490 e. The molecule has 0 spiro atoms. The van der Waals surface area contributed by atoms with Gasteiger partial charge in [0.05, 0.1) is 26.4 Å². The Hall–Kier alpha value is -4.22. The number of hydrogen-bond acceptors (Lipinski definition) is 9. The molecule has 0 aliphatic rings. The van der Waals surface area contributed by atoms with Crippen molar-refractivity contribution < 1.29 is 69.7 Å². The van der Waals surface area contributed by atoms with Crippen LogP contribution in [-0.4, -0.2) is 87.4 Å². The first-order valence-corrected chi connectivity index (χ1v) is 18.3. The molecule has 4 rings (SSSR count). The van der Waals surface area contributed by atoms with E-state index < -0.39 is 43.9 Å². The zero-order valence-corrected chi connectivity index (χ0v) is 31.9. The van der Waals surface area contributed by atoms with Gasteiger partial charge >= 0.3 is 18.5 Å². The normalized spacial score (nSPS) is 13.2. The third-order valence-electron chi connectivity index (χ3n) is 7.89. The molecule has 314 valence electrons. The van der Waals surface area contributed by atoms with Crippen LogP contribution in [0.5, 0.6) is 11.5 Å². The van der Waals surface area contributed by atoms with Crippen molar-refractivity contribution in [1.29, 1.82) is 0 Å². The smallest absolute Gasteiger partial charge is 0.490 e. The number of benzene rings is 4. The van der Waals surface area contributed by atoms with Gasteiger partial charge in [0.15, 0.2) is 0 Å². The lowest BCUT2D eigenvalue weighted by atomic mass is 10.0. The Morgan fingerprint density at radius 1 is 0.596 bits per heavy atom. The molecule has 0 radical (unpaired) electrons. The Balaban J connectivity index is 0.000000408. The molecule has 0 fully saturated rings. The minimum Gasteiger partial charge on any atom is -0.490 e. The van der Waals surface area contributed by atoms with E-state index in [1.807, 2.05) is 60.7 Å². The Morgan fingerprint density at radius 3 is 1.47 bits per heavy atom. The van der Waals surface area contributed by atoms with Gasteiger partial charge in [-0.05, 0) is 59.4 Å². The molecular formula is C42H50F6O9. The molecule has 4 aromatic carbocycles. The molecule has 15 heteroatoms. The number of allylic oxidation sites excluding steroid dienone is 2. The summed E-state index contributed by atoms with van der Waals surface area (Å²) in [5.74, 6) is 1.43. The minimum absolute atomic E-state index is 0.00833. The van der Waals surface area contributed by atoms with E-state index in [0.717, 1.165) is 44.2 Å². The van der Waals surface area contributed by atoms with Gasteiger partial charge in [0.2, 0.25) is 0 Å². The molecule has 0 saturated carbocycles. The largest absolute Gasteiger partial charge is 0.490 e. The summed E-state index contributed by atoms with van der Waals surface area (Å²) in [7, 11) is 0. The van der Waals surface area contributed by atoms with E-state index >= 15 is 0 Å². The van der Waals surface area contributed by atoms with Crippen LogP contribution in [0.4, 0.5) is 26.3 Å². The van der Waals surface area contributed by atoms with Gasteiger partial charge in [-0.15, -0.1) is 21.9 Å². The van der Waals surface area contributed by atoms with Crippen LogP contribution in [0.3, 0.4) is 0 Å². The van der Waals surface area contributed by atoms with Crippen molar-refractivity contribution in [2.24, 2.45) is 0 Å². The average Bonchev–Trinajstić information content (AvgIpc) is 3.18. The summed E-state index contributed by atoms with van der Waals surface area (Å²) < 4.78 is 109. The average molecular weight is 813 g/mol. The summed E-state index contributed by atoms with van der Waals surface area (Å²) >= 11 is 0. The van der Waals surface area contributed by atoms with Crippen LogP contribution in [0.2, 0.25) is 0 Å². The molecule has 0 amide bonds. The van der Waals surface area contributed by atoms with Gasteiger partial charge in [-0.3, -0.25) is 4.74 Å². The van der Waals surface area contributed by atoms with Gasteiger partial charge in [0.1, 0.15) is 43.7 Å². The van der Waals surface area contributed by atoms with Gasteiger partial charge in [-0.2, -0.15) is 17.6 Å². The third kappa shape index (κ3) is 14.9. The Labute approximate surface area is 328 Å². The van der Waals surface area contributed by atoms with Crippen LogP contribution in [0, 0.1) is 0 Å². The molecule has 0 saturated heterocycles. The van der Waals surface area contributed by atoms with E-state index in [2.05, 4.69) is 51.6 Å². The SMILES string of the molecule is C=CCc1c(OCC(O)COCOCC(O)COc2ccc3ccccc3c2CC=C)ccc2ccccc12.CCCOC(F)(F)OC(F)(F)C(F)(F)OCCC. The minimum atomic E-state index is -5.50. The maximum atomic E-state index is 12.8. The maximum absolute atomic E-state index is 12.8. The fourth-order valence-electron chi connectivity index (χ4n) is 5.28. The second-order valence-corrected chi connectivity index (χ2v) is 12.6. The fraction of sp³-hybridized carbons (Fsp3) is 0.429. The lowest BCUT2D eigenvalue weighted by Gasteiger charge is -2.28. The third-order valence-corrected chi connectivity index (χ3v) is 7.89. The number of rotatable bonds is 25. The summed E-state index contributed by atoms with van der Waals surface area (Å²) in [5, 5.41) is 25.1. The van der Waals surface area contributed by atoms with Crippen LogP contribution in [0.1, 0.15) is 37.8 Å². The highest BCUT2D eigenvalue weighted by Crippen LogP contribution is 2.40. The second-order valence-electron chi connectivity index (χ2n) is 12.6. The van der Waals surface area contributed by atoms with Crippen molar-refractivity contribution in [1.82, 2.24) is 0 Å². The zero-order valence-electron chi connectivity index (χ0n) is 31.9. The molecule has 0 aliphatic carbocycles. The van der Waals surface area contributed by atoms with E-state index in [-0.39, 0.29) is 46.1 Å². The lowest BCUT2D eigenvalue weighted by Crippen LogP contribution is -2.49. The summed E-state index contributed by atoms with van der Waals surface area (Å²) in [6.45, 7) is 9.34. The van der Waals surface area contributed by atoms with Gasteiger partial charge in [0, 0.05) is 11.1 Å². The van der Waals surface area contributed by atoms with Crippen molar-refractivity contribution in [2.45, 2.75) is 70.3 Å². The van der Waals surface area contributed by atoms with E-state index in [0.29, 0.717) is 12.8 Å². The number of ether oxygens (including phenoxy) is 7. The molecule has 4 aromatic rings. The molecule has 0 bridgehead atoms. The van der Waals surface area contributed by atoms with Crippen molar-refractivity contribution in [3.05, 3.63) is 109 Å². The number of alkyl halides is 6. The van der Waals surface area contributed by atoms with Gasteiger partial charge < -0.3 is 33.9 Å². The number of aliphatic hydroxyl groups excluding tert-OH is 2. The number of hydrogen-bond donors (Lipinski definition) is 2. The molecule has 0 aromatic heterocycles. The van der Waals surface area contributed by atoms with Crippen LogP contribution in [-0.2, 0) is 36.5 Å². The molecule has 0 heterocycles. The van der Waals surface area contributed by atoms with Crippen LogP contribution >= 0.6 is 0 Å². The van der Waals surface area contributed by atoms with E-state index in [9.17, 15) is 36.6 Å². The summed E-state index contributed by atoms with van der Waals surface area (Å²) in [4.78, 5) is 0. The van der Waals surface area contributed by atoms with Crippen LogP contribution in [0.15, 0.2) is 98.1 Å². The molecule has 2 N–H and O–H groups in total. The van der Waals surface area contributed by atoms with Crippen molar-refractivity contribution in [2.75, 3.05) is 46.4 Å². The quantitative estimate of drug-likeness (QED) is 0.0294. The van der Waals surface area contributed by atoms with Crippen molar-refractivity contribution in [3.8, 4) is 11.5 Å². The van der Waals surface area contributed by atoms with Crippen LogP contribution < -0.4 is 9.47 Å². The Morgan fingerprint density at radius 2 is 1.04 bits per heavy atom. The first-order chi connectivity index (χ1) is 27.2. The number of fused-ring (bicyclic) bond motifs is 2. The second kappa shape index (κ2) is 23.3. The highest BCUT2D eigenvalue weighted by atomic mass is 19.3. The summed E-state index contributed by atoms with van der Waals surface area (Å²) in [5.41, 5.74) is 2.08. The predicted octanol–water partition coefficient (Wildman–Crippen LogP) is 9.21. The standard InChI is InChI=1S/C33H36O6.C9H14F6O3/c1-3-9-30-28-13-7-5-11-24(28)15-17-32(30)38-21-26(34)19-36-23-37-20-27(35)22-39-33-18-16-25-12-6-8-14-29(25)31(33)10-4-2;1-3-5-16-7(10,11)8(12,13)18-9(14,15)17-6-4-2/h3-8,11-18,26-27,34-35H,1-2,9-10,19-23H2;3-6H2,1-2H3. The molecule has 57 heavy (non-hydrogen) atoms. The molecule has 0 aliphatic heterocycles. The first-order valence-electron chi connectivity index (χ1n) is 18.3. The Bertz CT molecular complexity index is 1720. The van der Waals surface area contributed by atoms with E-state index in [1.165, 1.54) is 13.8 Å². The topological polar surface area (TPSA) is 105 Å². The van der Waals surface area contributed by atoms with E-state index in [1.54, 1.807) is 0 Å². The zero-order chi connectivity index (χ0) is 41.9. The molecule has 9 nitrogen and oxygen atoms in total. The molecular weight excluding hydrogens is 762 g/mol. The van der Waals surface area contributed by atoms with Crippen LogP contribution in [0.25, 0.3) is 21.5 Å². The van der Waals surface area contributed by atoms with Crippen molar-refractivity contribution in [3.63, 3.8) is 0 Å². The van der Waals surface area contributed by atoms with Gasteiger partial charge in [-0.1, -0.05) is 86.7 Å². The van der Waals surface area contributed by atoms with E-state index in [4.69, 9.17) is 18.9 Å². The Kier molecular flexibility index (Phi) is 19.2. The first kappa shape index (κ1) is 47.2. The summed E-state index contributed by atoms with van der Waals surface area (Å²) in [6.07, 6.45) is -12.1. The monoisotopic (exact) mass is 812 g/mol.